The second-order valence-electron chi connectivity index (χ2n) is 3.98. The van der Waals surface area contributed by atoms with Gasteiger partial charge in [-0.25, -0.2) is 0 Å². The van der Waals surface area contributed by atoms with E-state index in [1.54, 1.807) is 38.2 Å². The lowest BCUT2D eigenvalue weighted by atomic mass is 10.1. The number of carbonyl (C=O) groups excluding carboxylic acids is 2. The number of hydrogen-bond donors (Lipinski definition) is 0. The molecule has 0 unspecified atom stereocenters. The smallest absolute Gasteiger partial charge is 0.307 e. The van der Waals surface area contributed by atoms with E-state index in [0.29, 0.717) is 24.5 Å². The molecule has 0 fully saturated rings. The highest BCUT2D eigenvalue weighted by Gasteiger charge is 2.16. The topological polar surface area (TPSA) is 55.8 Å². The number of para-hydroxylation sites is 1. The summed E-state index contributed by atoms with van der Waals surface area (Å²) in [7, 11) is 3.17. The number of ether oxygens (including phenoxy) is 2. The molecule has 0 aliphatic rings. The number of amides is 1. The number of esters is 1. The van der Waals surface area contributed by atoms with Crippen molar-refractivity contribution in [3.8, 4) is 5.75 Å². The van der Waals surface area contributed by atoms with E-state index in [1.165, 1.54) is 12.0 Å². The second kappa shape index (κ2) is 7.41. The molecule has 5 heteroatoms. The summed E-state index contributed by atoms with van der Waals surface area (Å²) in [5.41, 5.74) is 0.483. The lowest BCUT2D eigenvalue weighted by molar-refractivity contribution is -0.143. The van der Waals surface area contributed by atoms with Crippen molar-refractivity contribution in [1.82, 2.24) is 4.90 Å². The third kappa shape index (κ3) is 4.28. The fourth-order valence-corrected chi connectivity index (χ4v) is 1.62. The zero-order chi connectivity index (χ0) is 14.3. The van der Waals surface area contributed by atoms with E-state index >= 15 is 0 Å². The third-order valence-corrected chi connectivity index (χ3v) is 2.64. The van der Waals surface area contributed by atoms with E-state index in [4.69, 9.17) is 9.47 Å². The first-order chi connectivity index (χ1) is 9.10. The van der Waals surface area contributed by atoms with Gasteiger partial charge < -0.3 is 14.4 Å². The van der Waals surface area contributed by atoms with Crippen LogP contribution in [0.25, 0.3) is 0 Å². The van der Waals surface area contributed by atoms with Gasteiger partial charge in [-0.15, -0.1) is 0 Å². The molecule has 1 rings (SSSR count). The van der Waals surface area contributed by atoms with Crippen LogP contribution < -0.4 is 4.74 Å². The monoisotopic (exact) mass is 265 g/mol. The van der Waals surface area contributed by atoms with Crippen molar-refractivity contribution in [2.24, 2.45) is 0 Å². The van der Waals surface area contributed by atoms with Gasteiger partial charge in [0, 0.05) is 13.6 Å². The normalized spacial score (nSPS) is 9.84. The van der Waals surface area contributed by atoms with Gasteiger partial charge in [0.25, 0.3) is 5.91 Å². The van der Waals surface area contributed by atoms with E-state index in [2.05, 4.69) is 0 Å². The first-order valence-corrected chi connectivity index (χ1v) is 6.14. The van der Waals surface area contributed by atoms with Gasteiger partial charge in [0.05, 0.1) is 25.7 Å². The fraction of sp³-hybridized carbons (Fsp3) is 0.429. The van der Waals surface area contributed by atoms with Gasteiger partial charge in [-0.2, -0.15) is 0 Å². The maximum atomic E-state index is 12.2. The summed E-state index contributed by atoms with van der Waals surface area (Å²) in [6.45, 7) is 2.42. The predicted octanol–water partition coefficient (Wildman–Crippen LogP) is 1.72. The Bertz CT molecular complexity index is 445. The molecule has 0 saturated carbocycles. The Labute approximate surface area is 113 Å². The molecule has 0 radical (unpaired) electrons. The van der Waals surface area contributed by atoms with Gasteiger partial charge in [0.2, 0.25) is 0 Å². The van der Waals surface area contributed by atoms with Crippen LogP contribution in [0.2, 0.25) is 0 Å². The van der Waals surface area contributed by atoms with Crippen LogP contribution in [-0.4, -0.2) is 44.1 Å². The molecule has 0 spiro atoms. The lowest BCUT2D eigenvalue weighted by Gasteiger charge is -2.18. The molecule has 0 aliphatic heterocycles. The number of nitrogens with zero attached hydrogens (tertiary/aromatic N) is 1. The van der Waals surface area contributed by atoms with Gasteiger partial charge in [0.1, 0.15) is 5.75 Å². The number of methoxy groups -OCH3 is 1. The summed E-state index contributed by atoms with van der Waals surface area (Å²) < 4.78 is 9.96. The summed E-state index contributed by atoms with van der Waals surface area (Å²) in [6, 6.07) is 7.00. The van der Waals surface area contributed by atoms with Crippen LogP contribution >= 0.6 is 0 Å². The Kier molecular flexibility index (Phi) is 5.85. The van der Waals surface area contributed by atoms with Gasteiger partial charge in [-0.1, -0.05) is 12.1 Å². The van der Waals surface area contributed by atoms with Crippen molar-refractivity contribution in [3.05, 3.63) is 29.8 Å². The Morgan fingerprint density at radius 3 is 2.58 bits per heavy atom. The van der Waals surface area contributed by atoms with Gasteiger partial charge >= 0.3 is 5.97 Å². The van der Waals surface area contributed by atoms with E-state index in [0.717, 1.165) is 0 Å². The molecule has 19 heavy (non-hydrogen) atoms. The van der Waals surface area contributed by atoms with Crippen LogP contribution in [0.4, 0.5) is 0 Å². The predicted molar refractivity (Wildman–Crippen MR) is 71.2 cm³/mol. The van der Waals surface area contributed by atoms with Crippen LogP contribution in [0, 0.1) is 0 Å². The highest BCUT2D eigenvalue weighted by Crippen LogP contribution is 2.18. The van der Waals surface area contributed by atoms with Crippen molar-refractivity contribution in [3.63, 3.8) is 0 Å². The number of rotatable bonds is 6. The van der Waals surface area contributed by atoms with Crippen LogP contribution in [-0.2, 0) is 9.53 Å². The van der Waals surface area contributed by atoms with Gasteiger partial charge in [-0.3, -0.25) is 9.59 Å². The summed E-state index contributed by atoms with van der Waals surface area (Å²) in [4.78, 5) is 24.9. The highest BCUT2D eigenvalue weighted by molar-refractivity contribution is 5.96. The van der Waals surface area contributed by atoms with Crippen LogP contribution in [0.5, 0.6) is 5.75 Å². The molecule has 1 amide bonds. The third-order valence-electron chi connectivity index (χ3n) is 2.64. The lowest BCUT2D eigenvalue weighted by Crippen LogP contribution is -2.29. The molecule has 0 saturated heterocycles. The molecule has 104 valence electrons. The average molecular weight is 265 g/mol. The van der Waals surface area contributed by atoms with E-state index in [1.807, 2.05) is 0 Å². The van der Waals surface area contributed by atoms with Gasteiger partial charge in [0.15, 0.2) is 0 Å². The first-order valence-electron chi connectivity index (χ1n) is 6.14. The molecule has 0 aliphatic carbocycles. The molecule has 0 aromatic heterocycles. The summed E-state index contributed by atoms with van der Waals surface area (Å²) in [6.07, 6.45) is 0.186. The molecular weight excluding hydrogens is 246 g/mol. The van der Waals surface area contributed by atoms with Crippen molar-refractivity contribution >= 4 is 11.9 Å². The Hall–Kier alpha value is -2.04. The van der Waals surface area contributed by atoms with Crippen molar-refractivity contribution < 1.29 is 19.1 Å². The Morgan fingerprint density at radius 1 is 1.26 bits per heavy atom. The quantitative estimate of drug-likeness (QED) is 0.735. The zero-order valence-electron chi connectivity index (χ0n) is 11.5. The minimum atomic E-state index is -0.304. The second-order valence-corrected chi connectivity index (χ2v) is 3.98. The summed E-state index contributed by atoms with van der Waals surface area (Å²) in [5.74, 6) is 0.0411. The first kappa shape index (κ1) is 15.0. The van der Waals surface area contributed by atoms with Crippen LogP contribution in [0.1, 0.15) is 23.7 Å². The largest absolute Gasteiger partial charge is 0.496 e. The minimum Gasteiger partial charge on any atom is -0.496 e. The molecule has 1 aromatic carbocycles. The molecule has 1 aromatic rings. The minimum absolute atomic E-state index is 0.179. The number of carbonyl (C=O) groups is 2. The molecule has 0 N–H and O–H groups in total. The average Bonchev–Trinajstić information content (AvgIpc) is 2.44. The maximum absolute atomic E-state index is 12.2. The number of benzene rings is 1. The van der Waals surface area contributed by atoms with Crippen LogP contribution in [0.3, 0.4) is 0 Å². The highest BCUT2D eigenvalue weighted by atomic mass is 16.5. The van der Waals surface area contributed by atoms with Gasteiger partial charge in [-0.05, 0) is 19.1 Å². The van der Waals surface area contributed by atoms with Crippen molar-refractivity contribution in [2.45, 2.75) is 13.3 Å². The molecule has 0 atom stereocenters. The van der Waals surface area contributed by atoms with E-state index in [-0.39, 0.29) is 18.3 Å². The Morgan fingerprint density at radius 2 is 1.95 bits per heavy atom. The fourth-order valence-electron chi connectivity index (χ4n) is 1.62. The summed E-state index contributed by atoms with van der Waals surface area (Å²) >= 11 is 0. The maximum Gasteiger partial charge on any atom is 0.307 e. The Balaban J connectivity index is 2.64. The van der Waals surface area contributed by atoms with Crippen molar-refractivity contribution in [1.29, 1.82) is 0 Å². The standard InChI is InChI=1S/C14H19NO4/c1-4-19-13(16)9-10-15(2)14(17)11-7-5-6-8-12(11)18-3/h5-8H,4,9-10H2,1-3H3. The zero-order valence-corrected chi connectivity index (χ0v) is 11.5. The molecule has 0 bridgehead atoms. The van der Waals surface area contributed by atoms with Crippen molar-refractivity contribution in [2.75, 3.05) is 27.3 Å². The SMILES string of the molecule is CCOC(=O)CCN(C)C(=O)c1ccccc1OC. The molecular formula is C14H19NO4. The van der Waals surface area contributed by atoms with Crippen LogP contribution in [0.15, 0.2) is 24.3 Å². The van der Waals surface area contributed by atoms with E-state index in [9.17, 15) is 9.59 Å². The summed E-state index contributed by atoms with van der Waals surface area (Å²) in [5, 5.41) is 0. The number of hydrogen-bond acceptors (Lipinski definition) is 4. The van der Waals surface area contributed by atoms with E-state index < -0.39 is 0 Å². The molecule has 5 nitrogen and oxygen atoms in total. The molecule has 0 heterocycles.